The fourth-order valence-electron chi connectivity index (χ4n) is 2.90. The SMILES string of the molecule is CC(=O)OC1=CC=C2c3ccccc3C=C3OC32C1. The molecule has 1 aromatic carbocycles. The summed E-state index contributed by atoms with van der Waals surface area (Å²) in [5.41, 5.74) is 3.16. The molecule has 0 bridgehead atoms. The smallest absolute Gasteiger partial charge is 0.307 e. The molecule has 0 aromatic heterocycles. The lowest BCUT2D eigenvalue weighted by Crippen LogP contribution is -2.21. The number of allylic oxidation sites excluding steroid dienone is 2. The minimum Gasteiger partial charge on any atom is -0.474 e. The van der Waals surface area contributed by atoms with Gasteiger partial charge in [-0.25, -0.2) is 0 Å². The molecule has 19 heavy (non-hydrogen) atoms. The Hall–Kier alpha value is -2.29. The van der Waals surface area contributed by atoms with Crippen LogP contribution in [0.5, 0.6) is 0 Å². The molecule has 1 heterocycles. The zero-order chi connectivity index (χ0) is 13.0. The lowest BCUT2D eigenvalue weighted by Gasteiger charge is -2.23. The number of carbonyl (C=O) groups is 1. The van der Waals surface area contributed by atoms with Crippen LogP contribution in [-0.4, -0.2) is 11.6 Å². The van der Waals surface area contributed by atoms with Gasteiger partial charge in [0.05, 0.1) is 6.42 Å². The predicted octanol–water partition coefficient (Wildman–Crippen LogP) is 3.04. The molecule has 0 radical (unpaired) electrons. The summed E-state index contributed by atoms with van der Waals surface area (Å²) in [5, 5.41) is 0. The van der Waals surface area contributed by atoms with Gasteiger partial charge in [-0.1, -0.05) is 30.3 Å². The van der Waals surface area contributed by atoms with Gasteiger partial charge < -0.3 is 9.47 Å². The number of hydrogen-bond donors (Lipinski definition) is 0. The molecule has 2 aliphatic carbocycles. The van der Waals surface area contributed by atoms with E-state index in [0.29, 0.717) is 12.2 Å². The van der Waals surface area contributed by atoms with Crippen molar-refractivity contribution in [1.29, 1.82) is 0 Å². The first-order valence-electron chi connectivity index (χ1n) is 6.29. The van der Waals surface area contributed by atoms with Crippen molar-refractivity contribution < 1.29 is 14.3 Å². The van der Waals surface area contributed by atoms with E-state index < -0.39 is 0 Å². The molecule has 1 spiro atoms. The zero-order valence-corrected chi connectivity index (χ0v) is 10.5. The van der Waals surface area contributed by atoms with Crippen molar-refractivity contribution >= 4 is 17.6 Å². The van der Waals surface area contributed by atoms with Crippen molar-refractivity contribution in [3.8, 4) is 0 Å². The molecule has 0 N–H and O–H groups in total. The van der Waals surface area contributed by atoms with Crippen LogP contribution in [-0.2, 0) is 14.3 Å². The summed E-state index contributed by atoms with van der Waals surface area (Å²) in [6.07, 6.45) is 6.53. The van der Waals surface area contributed by atoms with Gasteiger partial charge in [-0.3, -0.25) is 4.79 Å². The molecule has 1 atom stereocenters. The number of ether oxygens (including phenoxy) is 2. The van der Waals surface area contributed by atoms with Gasteiger partial charge >= 0.3 is 5.97 Å². The Morgan fingerprint density at radius 3 is 3.00 bits per heavy atom. The summed E-state index contributed by atoms with van der Waals surface area (Å²) >= 11 is 0. The largest absolute Gasteiger partial charge is 0.474 e. The third-order valence-electron chi connectivity index (χ3n) is 3.75. The van der Waals surface area contributed by atoms with E-state index in [9.17, 15) is 4.79 Å². The normalized spacial score (nSPS) is 25.6. The Bertz CT molecular complexity index is 694. The van der Waals surface area contributed by atoms with Gasteiger partial charge in [0.1, 0.15) is 11.5 Å². The highest BCUT2D eigenvalue weighted by Crippen LogP contribution is 2.60. The van der Waals surface area contributed by atoms with Crippen LogP contribution in [0.25, 0.3) is 11.6 Å². The molecule has 3 nitrogen and oxygen atoms in total. The van der Waals surface area contributed by atoms with Gasteiger partial charge in [0.15, 0.2) is 5.60 Å². The molecular formula is C16H12O3. The number of benzene rings is 1. The van der Waals surface area contributed by atoms with Crippen LogP contribution >= 0.6 is 0 Å². The molecule has 3 heteroatoms. The van der Waals surface area contributed by atoms with Crippen LogP contribution in [0.15, 0.2) is 47.9 Å². The van der Waals surface area contributed by atoms with Crippen molar-refractivity contribution in [2.45, 2.75) is 18.9 Å². The summed E-state index contributed by atoms with van der Waals surface area (Å²) in [5.74, 6) is 1.34. The van der Waals surface area contributed by atoms with E-state index >= 15 is 0 Å². The van der Waals surface area contributed by atoms with Crippen LogP contribution in [0.4, 0.5) is 0 Å². The second-order valence-corrected chi connectivity index (χ2v) is 5.01. The number of epoxide rings is 1. The van der Waals surface area contributed by atoms with Crippen LogP contribution in [0.3, 0.4) is 0 Å². The molecule has 1 unspecified atom stereocenters. The summed E-state index contributed by atoms with van der Waals surface area (Å²) in [7, 11) is 0. The van der Waals surface area contributed by atoms with Gasteiger partial charge in [-0.2, -0.15) is 0 Å². The maximum atomic E-state index is 11.0. The Morgan fingerprint density at radius 2 is 2.16 bits per heavy atom. The molecule has 1 aliphatic heterocycles. The topological polar surface area (TPSA) is 38.8 Å². The van der Waals surface area contributed by atoms with Crippen molar-refractivity contribution in [2.75, 3.05) is 0 Å². The van der Waals surface area contributed by atoms with Gasteiger partial charge in [0, 0.05) is 12.5 Å². The van der Waals surface area contributed by atoms with Gasteiger partial charge in [0.2, 0.25) is 0 Å². The van der Waals surface area contributed by atoms with E-state index in [1.165, 1.54) is 18.1 Å². The van der Waals surface area contributed by atoms with Crippen molar-refractivity contribution in [3.05, 3.63) is 59.1 Å². The van der Waals surface area contributed by atoms with Crippen LogP contribution in [0.1, 0.15) is 24.5 Å². The maximum Gasteiger partial charge on any atom is 0.307 e. The lowest BCUT2D eigenvalue weighted by molar-refractivity contribution is -0.137. The fraction of sp³-hybridized carbons (Fsp3) is 0.188. The number of rotatable bonds is 1. The van der Waals surface area contributed by atoms with Crippen molar-refractivity contribution in [2.24, 2.45) is 0 Å². The van der Waals surface area contributed by atoms with Gasteiger partial charge in [-0.05, 0) is 23.3 Å². The average Bonchev–Trinajstić information content (AvgIpc) is 3.06. The predicted molar refractivity (Wildman–Crippen MR) is 70.7 cm³/mol. The number of carbonyl (C=O) groups excluding carboxylic acids is 1. The molecular weight excluding hydrogens is 240 g/mol. The van der Waals surface area contributed by atoms with E-state index in [1.54, 1.807) is 0 Å². The quantitative estimate of drug-likeness (QED) is 0.569. The molecule has 4 rings (SSSR count). The van der Waals surface area contributed by atoms with E-state index in [1.807, 2.05) is 24.3 Å². The number of fused-ring (bicyclic) bond motifs is 2. The Labute approximate surface area is 110 Å². The number of esters is 1. The third kappa shape index (κ3) is 1.41. The Kier molecular flexibility index (Phi) is 1.89. The molecule has 1 aromatic rings. The third-order valence-corrected chi connectivity index (χ3v) is 3.75. The van der Waals surface area contributed by atoms with E-state index in [2.05, 4.69) is 18.2 Å². The Balaban J connectivity index is 1.82. The maximum absolute atomic E-state index is 11.0. The van der Waals surface area contributed by atoms with Crippen molar-refractivity contribution in [1.82, 2.24) is 0 Å². The monoisotopic (exact) mass is 252 g/mol. The van der Waals surface area contributed by atoms with Crippen LogP contribution in [0, 0.1) is 0 Å². The fourth-order valence-corrected chi connectivity index (χ4v) is 2.90. The van der Waals surface area contributed by atoms with Crippen LogP contribution in [0.2, 0.25) is 0 Å². The standard InChI is InChI=1S/C16H12O3/c1-10(17)18-12-6-7-14-13-5-3-2-4-11(13)8-15-16(14,9-12)19-15/h2-8H,9H2,1H3. The van der Waals surface area contributed by atoms with Crippen LogP contribution < -0.4 is 0 Å². The summed E-state index contributed by atoms with van der Waals surface area (Å²) in [6.45, 7) is 1.42. The minimum atomic E-state index is -0.381. The van der Waals surface area contributed by atoms with Gasteiger partial charge in [0.25, 0.3) is 0 Å². The molecule has 3 aliphatic rings. The first-order valence-corrected chi connectivity index (χ1v) is 6.29. The second-order valence-electron chi connectivity index (χ2n) is 5.01. The lowest BCUT2D eigenvalue weighted by atomic mass is 9.79. The summed E-state index contributed by atoms with van der Waals surface area (Å²) < 4.78 is 11.0. The highest BCUT2D eigenvalue weighted by molar-refractivity contribution is 5.92. The molecule has 1 saturated heterocycles. The minimum absolute atomic E-state index is 0.290. The van der Waals surface area contributed by atoms with Gasteiger partial charge in [-0.15, -0.1) is 0 Å². The van der Waals surface area contributed by atoms with E-state index in [-0.39, 0.29) is 11.6 Å². The van der Waals surface area contributed by atoms with E-state index in [4.69, 9.17) is 9.47 Å². The Morgan fingerprint density at radius 1 is 1.32 bits per heavy atom. The first-order chi connectivity index (χ1) is 9.19. The second kappa shape index (κ2) is 3.38. The highest BCUT2D eigenvalue weighted by Gasteiger charge is 2.59. The first kappa shape index (κ1) is 10.6. The molecule has 94 valence electrons. The number of hydrogen-bond acceptors (Lipinski definition) is 3. The highest BCUT2D eigenvalue weighted by atomic mass is 16.6. The molecule has 0 saturated carbocycles. The average molecular weight is 252 g/mol. The van der Waals surface area contributed by atoms with Crippen molar-refractivity contribution in [3.63, 3.8) is 0 Å². The molecule has 0 amide bonds. The zero-order valence-electron chi connectivity index (χ0n) is 10.5. The van der Waals surface area contributed by atoms with E-state index in [0.717, 1.165) is 11.3 Å². The summed E-state index contributed by atoms with van der Waals surface area (Å²) in [4.78, 5) is 11.0. The molecule has 1 fully saturated rings. The summed E-state index contributed by atoms with van der Waals surface area (Å²) in [6, 6.07) is 8.23.